The normalized spacial score (nSPS) is 13.2. The highest BCUT2D eigenvalue weighted by Crippen LogP contribution is 2.24. The maximum Gasteiger partial charge on any atom is 0.157 e. The van der Waals surface area contributed by atoms with Gasteiger partial charge in [-0.15, -0.1) is 0 Å². The molecule has 0 saturated heterocycles. The summed E-state index contributed by atoms with van der Waals surface area (Å²) in [7, 11) is 1.93. The van der Waals surface area contributed by atoms with E-state index < -0.39 is 0 Å². The van der Waals surface area contributed by atoms with Crippen LogP contribution in [0.2, 0.25) is 5.15 Å². The summed E-state index contributed by atoms with van der Waals surface area (Å²) in [6.07, 6.45) is 2.75. The fraction of sp³-hybridized carbons (Fsp3) is 0.364. The third-order valence-electron chi connectivity index (χ3n) is 2.71. The van der Waals surface area contributed by atoms with Gasteiger partial charge in [0.25, 0.3) is 0 Å². The highest BCUT2D eigenvalue weighted by Gasteiger charge is 2.13. The zero-order valence-corrected chi connectivity index (χ0v) is 10.1. The van der Waals surface area contributed by atoms with Crippen LogP contribution in [-0.2, 0) is 6.42 Å². The summed E-state index contributed by atoms with van der Waals surface area (Å²) in [6, 6.07) is 4.07. The van der Waals surface area contributed by atoms with Gasteiger partial charge in [-0.3, -0.25) is 0 Å². The minimum absolute atomic E-state index is 0.350. The number of pyridine rings is 1. The van der Waals surface area contributed by atoms with E-state index in [1.165, 1.54) is 0 Å². The first-order valence-electron chi connectivity index (χ1n) is 5.21. The number of hydrogen-bond donors (Lipinski definition) is 2. The number of halogens is 1. The molecule has 2 aromatic rings. The van der Waals surface area contributed by atoms with Gasteiger partial charge in [0, 0.05) is 18.7 Å². The maximum absolute atomic E-state index is 6.08. The smallest absolute Gasteiger partial charge is 0.157 e. The Balaban J connectivity index is 2.51. The lowest BCUT2D eigenvalue weighted by molar-refractivity contribution is 0.590. The fourth-order valence-corrected chi connectivity index (χ4v) is 2.00. The molecule has 0 fully saturated rings. The molecule has 0 radical (unpaired) electrons. The van der Waals surface area contributed by atoms with Crippen molar-refractivity contribution in [3.8, 4) is 0 Å². The van der Waals surface area contributed by atoms with Crippen LogP contribution in [0.15, 0.2) is 18.3 Å². The predicted octanol–water partition coefficient (Wildman–Crippen LogP) is 1.72. The molecular formula is C11H15ClN4. The number of fused-ring (bicyclic) bond motifs is 1. The summed E-state index contributed by atoms with van der Waals surface area (Å²) in [5.74, 6) is 0.925. The van der Waals surface area contributed by atoms with Crippen LogP contribution in [-0.4, -0.2) is 22.5 Å². The molecule has 0 saturated carbocycles. The second kappa shape index (κ2) is 4.31. The molecule has 3 N–H and O–H groups in total. The summed E-state index contributed by atoms with van der Waals surface area (Å²) < 4.78 is 1.95. The first-order valence-corrected chi connectivity index (χ1v) is 5.59. The fourth-order valence-electron chi connectivity index (χ4n) is 1.70. The third kappa shape index (κ3) is 1.86. The first-order chi connectivity index (χ1) is 7.63. The van der Waals surface area contributed by atoms with Gasteiger partial charge in [-0.05, 0) is 26.1 Å². The second-order valence-electron chi connectivity index (χ2n) is 3.89. The Labute approximate surface area is 99.4 Å². The van der Waals surface area contributed by atoms with E-state index in [9.17, 15) is 0 Å². The molecule has 2 aromatic heterocycles. The maximum atomic E-state index is 6.08. The van der Waals surface area contributed by atoms with Gasteiger partial charge in [-0.2, -0.15) is 0 Å². The zero-order chi connectivity index (χ0) is 11.7. The molecule has 2 heterocycles. The van der Waals surface area contributed by atoms with E-state index in [0.717, 1.165) is 17.8 Å². The quantitative estimate of drug-likeness (QED) is 0.856. The van der Waals surface area contributed by atoms with Crippen LogP contribution >= 0.6 is 11.6 Å². The van der Waals surface area contributed by atoms with E-state index in [4.69, 9.17) is 17.3 Å². The molecule has 5 heteroatoms. The van der Waals surface area contributed by atoms with Crippen LogP contribution in [0.25, 0.3) is 5.52 Å². The van der Waals surface area contributed by atoms with Gasteiger partial charge in [0.2, 0.25) is 0 Å². The van der Waals surface area contributed by atoms with Crippen LogP contribution in [0.3, 0.4) is 0 Å². The molecule has 0 bridgehead atoms. The van der Waals surface area contributed by atoms with Crippen molar-refractivity contribution < 1.29 is 0 Å². The van der Waals surface area contributed by atoms with E-state index in [0.29, 0.717) is 16.9 Å². The summed E-state index contributed by atoms with van der Waals surface area (Å²) in [4.78, 5) is 4.35. The molecular weight excluding hydrogens is 224 g/mol. The third-order valence-corrected chi connectivity index (χ3v) is 2.97. The molecule has 1 unspecified atom stereocenters. The molecule has 16 heavy (non-hydrogen) atoms. The van der Waals surface area contributed by atoms with Crippen molar-refractivity contribution in [3.63, 3.8) is 0 Å². The number of rotatable bonds is 3. The van der Waals surface area contributed by atoms with Crippen LogP contribution < -0.4 is 11.1 Å². The molecule has 1 atom stereocenters. The van der Waals surface area contributed by atoms with Gasteiger partial charge < -0.3 is 15.5 Å². The Kier molecular flexibility index (Phi) is 3.03. The Hall–Kier alpha value is -1.26. The number of anilines is 1. The molecule has 0 aliphatic rings. The Morgan fingerprint density at radius 2 is 2.38 bits per heavy atom. The molecule has 86 valence electrons. The Bertz CT molecular complexity index is 506. The van der Waals surface area contributed by atoms with Crippen LogP contribution in [0.5, 0.6) is 0 Å². The van der Waals surface area contributed by atoms with E-state index in [1.54, 1.807) is 0 Å². The number of nitrogens with two attached hydrogens (primary N) is 1. The monoisotopic (exact) mass is 238 g/mol. The van der Waals surface area contributed by atoms with Gasteiger partial charge in [0.1, 0.15) is 11.3 Å². The average molecular weight is 239 g/mol. The molecule has 0 aliphatic heterocycles. The summed E-state index contributed by atoms with van der Waals surface area (Å²) in [6.45, 7) is 2.10. The van der Waals surface area contributed by atoms with Crippen LogP contribution in [0.4, 0.5) is 5.69 Å². The largest absolute Gasteiger partial charge is 0.397 e. The lowest BCUT2D eigenvalue weighted by Crippen LogP contribution is -2.24. The molecule has 0 aliphatic carbocycles. The Morgan fingerprint density at radius 3 is 3.06 bits per heavy atom. The second-order valence-corrected chi connectivity index (χ2v) is 4.25. The first kappa shape index (κ1) is 11.2. The van der Waals surface area contributed by atoms with Crippen molar-refractivity contribution in [2.24, 2.45) is 0 Å². The molecule has 0 spiro atoms. The van der Waals surface area contributed by atoms with Crippen molar-refractivity contribution in [2.45, 2.75) is 19.4 Å². The predicted molar refractivity (Wildman–Crippen MR) is 66.8 cm³/mol. The van der Waals surface area contributed by atoms with E-state index in [-0.39, 0.29) is 0 Å². The van der Waals surface area contributed by atoms with Crippen molar-refractivity contribution >= 4 is 22.8 Å². The molecule has 4 nitrogen and oxygen atoms in total. The van der Waals surface area contributed by atoms with E-state index in [2.05, 4.69) is 17.2 Å². The highest BCUT2D eigenvalue weighted by atomic mass is 35.5. The summed E-state index contributed by atoms with van der Waals surface area (Å²) in [5.41, 5.74) is 7.32. The number of likely N-dealkylation sites (N-methyl/N-ethyl adjacent to an activating group) is 1. The van der Waals surface area contributed by atoms with Crippen molar-refractivity contribution in [2.75, 3.05) is 12.8 Å². The van der Waals surface area contributed by atoms with E-state index in [1.807, 2.05) is 29.8 Å². The number of imidazole rings is 1. The number of nitrogen functional groups attached to an aromatic ring is 1. The van der Waals surface area contributed by atoms with Crippen molar-refractivity contribution in [1.29, 1.82) is 0 Å². The lowest BCUT2D eigenvalue weighted by Gasteiger charge is -2.08. The minimum Gasteiger partial charge on any atom is -0.397 e. The van der Waals surface area contributed by atoms with Crippen molar-refractivity contribution in [3.05, 3.63) is 29.3 Å². The van der Waals surface area contributed by atoms with Gasteiger partial charge in [0.05, 0.1) is 5.69 Å². The lowest BCUT2D eigenvalue weighted by atomic mass is 10.2. The van der Waals surface area contributed by atoms with Crippen molar-refractivity contribution in [1.82, 2.24) is 14.7 Å². The van der Waals surface area contributed by atoms with Gasteiger partial charge in [0.15, 0.2) is 5.15 Å². The summed E-state index contributed by atoms with van der Waals surface area (Å²) >= 11 is 6.08. The Morgan fingerprint density at radius 1 is 1.62 bits per heavy atom. The zero-order valence-electron chi connectivity index (χ0n) is 9.37. The van der Waals surface area contributed by atoms with Gasteiger partial charge in [-0.1, -0.05) is 11.6 Å². The molecule has 0 aromatic carbocycles. The number of nitrogens with zero attached hydrogens (tertiary/aromatic N) is 2. The molecule has 0 amide bonds. The average Bonchev–Trinajstić information content (AvgIpc) is 2.57. The number of hydrogen-bond acceptors (Lipinski definition) is 3. The summed E-state index contributed by atoms with van der Waals surface area (Å²) in [5, 5.41) is 3.64. The van der Waals surface area contributed by atoms with Gasteiger partial charge in [-0.25, -0.2) is 4.98 Å². The highest BCUT2D eigenvalue weighted by molar-refractivity contribution is 6.33. The van der Waals surface area contributed by atoms with Crippen LogP contribution in [0.1, 0.15) is 12.7 Å². The minimum atomic E-state index is 0.350. The van der Waals surface area contributed by atoms with Crippen LogP contribution in [0, 0.1) is 0 Å². The number of aromatic nitrogens is 2. The molecule has 2 rings (SSSR count). The standard InChI is InChI=1S/C11H15ClN4/c1-7(14-2)6-9-15-11(12)10-8(13)4-3-5-16(9)10/h3-5,7,14H,6,13H2,1-2H3. The van der Waals surface area contributed by atoms with E-state index >= 15 is 0 Å². The topological polar surface area (TPSA) is 55.3 Å². The SMILES string of the molecule is CNC(C)Cc1nc(Cl)c2c(N)cccn12. The number of nitrogens with one attached hydrogen (secondary N) is 1. The van der Waals surface area contributed by atoms with Gasteiger partial charge >= 0.3 is 0 Å².